The van der Waals surface area contributed by atoms with E-state index in [0.29, 0.717) is 24.7 Å². The molecule has 0 radical (unpaired) electrons. The number of ether oxygens (including phenoxy) is 2. The van der Waals surface area contributed by atoms with Crippen molar-refractivity contribution in [1.29, 1.82) is 0 Å². The summed E-state index contributed by atoms with van der Waals surface area (Å²) in [6, 6.07) is 0. The predicted octanol–water partition coefficient (Wildman–Crippen LogP) is 1.83. The van der Waals surface area contributed by atoms with Crippen molar-refractivity contribution in [1.82, 2.24) is 0 Å². The Labute approximate surface area is 83.5 Å². The maximum atomic E-state index is 10.8. The minimum atomic E-state index is -0.164. The fourth-order valence-electron chi connectivity index (χ4n) is 0.633. The average molecular weight is 204 g/mol. The highest BCUT2D eigenvalue weighted by Crippen LogP contribution is 2.02. The van der Waals surface area contributed by atoms with E-state index in [2.05, 4.69) is 6.58 Å². The number of carbonyl (C=O) groups excluding carboxylic acids is 1. The van der Waals surface area contributed by atoms with Crippen LogP contribution in [0.25, 0.3) is 0 Å². The molecule has 0 unspecified atom stereocenters. The van der Waals surface area contributed by atoms with Crippen LogP contribution in [-0.2, 0) is 14.3 Å². The van der Waals surface area contributed by atoms with Gasteiger partial charge in [-0.25, -0.2) is 0 Å². The van der Waals surface area contributed by atoms with Gasteiger partial charge in [0.05, 0.1) is 24.7 Å². The number of carbonyl (C=O) groups is 1. The average Bonchev–Trinajstić information content (AvgIpc) is 2.03. The van der Waals surface area contributed by atoms with Crippen molar-refractivity contribution in [2.24, 2.45) is 0 Å². The van der Waals surface area contributed by atoms with E-state index in [-0.39, 0.29) is 5.97 Å². The molecule has 0 amide bonds. The molecule has 0 saturated heterocycles. The van der Waals surface area contributed by atoms with Crippen molar-refractivity contribution in [3.63, 3.8) is 0 Å². The van der Waals surface area contributed by atoms with Crippen molar-refractivity contribution in [3.05, 3.63) is 12.3 Å². The second-order valence-electron chi connectivity index (χ2n) is 2.41. The maximum Gasteiger partial charge on any atom is 0.315 e. The largest absolute Gasteiger partial charge is 0.498 e. The Balaban J connectivity index is 3.16. The van der Waals surface area contributed by atoms with Gasteiger partial charge in [0.25, 0.3) is 0 Å². The molecule has 3 nitrogen and oxygen atoms in total. The minimum Gasteiger partial charge on any atom is -0.498 e. The molecular formula is C9H16O3S. The second-order valence-corrected chi connectivity index (χ2v) is 3.51. The van der Waals surface area contributed by atoms with Crippen LogP contribution in [0.15, 0.2) is 12.3 Å². The first-order valence-electron chi connectivity index (χ1n) is 4.18. The van der Waals surface area contributed by atoms with Crippen molar-refractivity contribution in [3.8, 4) is 0 Å². The summed E-state index contributed by atoms with van der Waals surface area (Å²) in [6.07, 6.45) is 0. The van der Waals surface area contributed by atoms with Gasteiger partial charge in [-0.3, -0.25) is 4.79 Å². The highest BCUT2D eigenvalue weighted by molar-refractivity contribution is 7.99. The summed E-state index contributed by atoms with van der Waals surface area (Å²) >= 11 is 1.50. The fraction of sp³-hybridized carbons (Fsp3) is 0.667. The lowest BCUT2D eigenvalue weighted by Gasteiger charge is -2.04. The van der Waals surface area contributed by atoms with Gasteiger partial charge in [0.1, 0.15) is 0 Å². The van der Waals surface area contributed by atoms with Crippen molar-refractivity contribution >= 4 is 17.7 Å². The first kappa shape index (κ1) is 12.4. The number of allylic oxidation sites excluding steroid dienone is 1. The van der Waals surface area contributed by atoms with Gasteiger partial charge in [-0.05, 0) is 13.8 Å². The van der Waals surface area contributed by atoms with Gasteiger partial charge >= 0.3 is 5.97 Å². The summed E-state index contributed by atoms with van der Waals surface area (Å²) in [4.78, 5) is 10.8. The quantitative estimate of drug-likeness (QED) is 0.360. The van der Waals surface area contributed by atoms with Crippen LogP contribution in [0, 0.1) is 0 Å². The van der Waals surface area contributed by atoms with E-state index in [9.17, 15) is 4.79 Å². The van der Waals surface area contributed by atoms with E-state index in [1.165, 1.54) is 11.8 Å². The molecule has 0 spiro atoms. The third-order valence-electron chi connectivity index (χ3n) is 1.10. The summed E-state index contributed by atoms with van der Waals surface area (Å²) in [5, 5.41) is 0. The van der Waals surface area contributed by atoms with Crippen LogP contribution in [-0.4, -0.2) is 30.7 Å². The Morgan fingerprint density at radius 3 is 2.69 bits per heavy atom. The van der Waals surface area contributed by atoms with Crippen LogP contribution in [0.5, 0.6) is 0 Å². The SMILES string of the molecule is C=C(C)OCCSCC(=O)OCC. The highest BCUT2D eigenvalue weighted by atomic mass is 32.2. The fourth-order valence-corrected chi connectivity index (χ4v) is 1.23. The summed E-state index contributed by atoms with van der Waals surface area (Å²) in [5.74, 6) is 1.72. The van der Waals surface area contributed by atoms with Crippen LogP contribution in [0.4, 0.5) is 0 Å². The van der Waals surface area contributed by atoms with Gasteiger partial charge in [-0.15, -0.1) is 11.8 Å². The summed E-state index contributed by atoms with van der Waals surface area (Å²) in [7, 11) is 0. The molecule has 0 aliphatic carbocycles. The summed E-state index contributed by atoms with van der Waals surface area (Å²) < 4.78 is 9.87. The molecular weight excluding hydrogens is 188 g/mol. The molecule has 13 heavy (non-hydrogen) atoms. The van der Waals surface area contributed by atoms with E-state index < -0.39 is 0 Å². The third kappa shape index (κ3) is 9.27. The van der Waals surface area contributed by atoms with Crippen molar-refractivity contribution in [2.45, 2.75) is 13.8 Å². The molecule has 76 valence electrons. The molecule has 0 aromatic heterocycles. The summed E-state index contributed by atoms with van der Waals surface area (Å²) in [6.45, 7) is 8.24. The van der Waals surface area contributed by atoms with E-state index in [1.54, 1.807) is 13.8 Å². The minimum absolute atomic E-state index is 0.164. The topological polar surface area (TPSA) is 35.5 Å². The molecule has 0 atom stereocenters. The van der Waals surface area contributed by atoms with Crippen LogP contribution in [0.2, 0.25) is 0 Å². The normalized spacial score (nSPS) is 9.38. The molecule has 0 aromatic rings. The smallest absolute Gasteiger partial charge is 0.315 e. The van der Waals surface area contributed by atoms with Crippen molar-refractivity contribution < 1.29 is 14.3 Å². The van der Waals surface area contributed by atoms with E-state index >= 15 is 0 Å². The number of esters is 1. The zero-order chi connectivity index (χ0) is 10.1. The standard InChI is InChI=1S/C9H16O3S/c1-4-11-9(10)7-13-6-5-12-8(2)3/h2,4-7H2,1,3H3. The third-order valence-corrected chi connectivity index (χ3v) is 2.00. The van der Waals surface area contributed by atoms with Crippen LogP contribution in [0.1, 0.15) is 13.8 Å². The van der Waals surface area contributed by atoms with Crippen LogP contribution >= 0.6 is 11.8 Å². The molecule has 0 bridgehead atoms. The Morgan fingerprint density at radius 2 is 2.15 bits per heavy atom. The summed E-state index contributed by atoms with van der Waals surface area (Å²) in [5.41, 5.74) is 0. The Kier molecular flexibility index (Phi) is 7.59. The lowest BCUT2D eigenvalue weighted by atomic mass is 10.6. The van der Waals surface area contributed by atoms with Gasteiger partial charge in [-0.2, -0.15) is 0 Å². The molecule has 0 fully saturated rings. The van der Waals surface area contributed by atoms with Gasteiger partial charge in [0, 0.05) is 5.75 Å². The van der Waals surface area contributed by atoms with E-state index in [0.717, 1.165) is 5.75 Å². The Bertz CT molecular complexity index is 168. The zero-order valence-corrected chi connectivity index (χ0v) is 8.99. The van der Waals surface area contributed by atoms with Gasteiger partial charge in [0.15, 0.2) is 0 Å². The molecule has 0 rings (SSSR count). The first-order valence-corrected chi connectivity index (χ1v) is 5.34. The predicted molar refractivity (Wildman–Crippen MR) is 54.7 cm³/mol. The zero-order valence-electron chi connectivity index (χ0n) is 8.17. The molecule has 0 saturated carbocycles. The molecule has 0 N–H and O–H groups in total. The number of hydrogen-bond acceptors (Lipinski definition) is 4. The van der Waals surface area contributed by atoms with E-state index in [1.807, 2.05) is 0 Å². The Hall–Kier alpha value is -0.640. The monoisotopic (exact) mass is 204 g/mol. The number of rotatable bonds is 7. The van der Waals surface area contributed by atoms with Crippen molar-refractivity contribution in [2.75, 3.05) is 24.7 Å². The second kappa shape index (κ2) is 7.98. The lowest BCUT2D eigenvalue weighted by molar-refractivity contribution is -0.139. The molecule has 0 aliphatic heterocycles. The lowest BCUT2D eigenvalue weighted by Crippen LogP contribution is -2.08. The van der Waals surface area contributed by atoms with Crippen LogP contribution < -0.4 is 0 Å². The first-order chi connectivity index (χ1) is 6.16. The molecule has 4 heteroatoms. The molecule has 0 aromatic carbocycles. The van der Waals surface area contributed by atoms with Gasteiger partial charge in [0.2, 0.25) is 0 Å². The van der Waals surface area contributed by atoms with Gasteiger partial charge in [-0.1, -0.05) is 6.58 Å². The van der Waals surface area contributed by atoms with E-state index in [4.69, 9.17) is 9.47 Å². The Morgan fingerprint density at radius 1 is 1.46 bits per heavy atom. The number of thioether (sulfide) groups is 1. The maximum absolute atomic E-state index is 10.8. The highest BCUT2D eigenvalue weighted by Gasteiger charge is 2.00. The number of hydrogen-bond donors (Lipinski definition) is 0. The van der Waals surface area contributed by atoms with Crippen LogP contribution in [0.3, 0.4) is 0 Å². The molecule has 0 heterocycles. The molecule has 0 aliphatic rings. The van der Waals surface area contributed by atoms with Gasteiger partial charge < -0.3 is 9.47 Å².